The van der Waals surface area contributed by atoms with Crippen LogP contribution >= 0.6 is 23.2 Å². The second-order valence-corrected chi connectivity index (χ2v) is 9.64. The SMILES string of the molecule is CCOc1ccccc1[C@@H]1N(c2ccc(Cl)c(Cl)c2)N=C(C(C)=O)N1c1ccc(NC(=O)C(C)C)cc1. The number of hydrogen-bond donors (Lipinski definition) is 1. The minimum absolute atomic E-state index is 0.0748. The summed E-state index contributed by atoms with van der Waals surface area (Å²) in [7, 11) is 0. The fourth-order valence-electron chi connectivity index (χ4n) is 4.00. The molecule has 0 aromatic heterocycles. The third-order valence-corrected chi connectivity index (χ3v) is 6.56. The maximum Gasteiger partial charge on any atom is 0.226 e. The molecule has 0 bridgehead atoms. The molecule has 4 rings (SSSR count). The Morgan fingerprint density at radius 3 is 2.30 bits per heavy atom. The summed E-state index contributed by atoms with van der Waals surface area (Å²) in [5, 5.41) is 10.2. The third kappa shape index (κ3) is 5.58. The van der Waals surface area contributed by atoms with E-state index in [1.165, 1.54) is 6.92 Å². The summed E-state index contributed by atoms with van der Waals surface area (Å²) in [5.74, 6) is 0.494. The van der Waals surface area contributed by atoms with Crippen molar-refractivity contribution in [2.45, 2.75) is 33.9 Å². The first-order valence-electron chi connectivity index (χ1n) is 12.0. The van der Waals surface area contributed by atoms with Crippen molar-refractivity contribution in [3.8, 4) is 5.75 Å². The van der Waals surface area contributed by atoms with Crippen LogP contribution in [0.25, 0.3) is 0 Å². The van der Waals surface area contributed by atoms with E-state index in [-0.39, 0.29) is 23.4 Å². The fraction of sp³-hybridized carbons (Fsp3) is 0.250. The van der Waals surface area contributed by atoms with Crippen LogP contribution in [0.4, 0.5) is 17.1 Å². The lowest BCUT2D eigenvalue weighted by atomic mass is 10.1. The van der Waals surface area contributed by atoms with Crippen molar-refractivity contribution in [2.24, 2.45) is 11.0 Å². The zero-order chi connectivity index (χ0) is 26.7. The summed E-state index contributed by atoms with van der Waals surface area (Å²) < 4.78 is 5.96. The molecule has 1 N–H and O–H groups in total. The maximum absolute atomic E-state index is 12.9. The van der Waals surface area contributed by atoms with Gasteiger partial charge in [0.2, 0.25) is 5.91 Å². The first-order chi connectivity index (χ1) is 17.7. The number of anilines is 3. The van der Waals surface area contributed by atoms with Crippen molar-refractivity contribution < 1.29 is 14.3 Å². The quantitative estimate of drug-likeness (QED) is 0.337. The van der Waals surface area contributed by atoms with Gasteiger partial charge in [0.05, 0.1) is 22.3 Å². The van der Waals surface area contributed by atoms with Crippen LogP contribution < -0.4 is 20.0 Å². The highest BCUT2D eigenvalue weighted by Crippen LogP contribution is 2.43. The van der Waals surface area contributed by atoms with Crippen LogP contribution in [0.2, 0.25) is 10.0 Å². The van der Waals surface area contributed by atoms with Gasteiger partial charge in [0.1, 0.15) is 5.75 Å². The van der Waals surface area contributed by atoms with Crippen LogP contribution in [0.5, 0.6) is 5.75 Å². The molecule has 0 unspecified atom stereocenters. The summed E-state index contributed by atoms with van der Waals surface area (Å²) in [5.41, 5.74) is 2.85. The van der Waals surface area contributed by atoms with Gasteiger partial charge in [0.15, 0.2) is 17.8 Å². The van der Waals surface area contributed by atoms with Crippen molar-refractivity contribution in [3.05, 3.63) is 82.3 Å². The largest absolute Gasteiger partial charge is 0.493 e. The number of rotatable bonds is 8. The van der Waals surface area contributed by atoms with Gasteiger partial charge in [-0.3, -0.25) is 14.5 Å². The average molecular weight is 539 g/mol. The second kappa shape index (κ2) is 11.2. The molecule has 192 valence electrons. The molecule has 0 fully saturated rings. The van der Waals surface area contributed by atoms with Gasteiger partial charge in [-0.1, -0.05) is 55.2 Å². The van der Waals surface area contributed by atoms with Crippen LogP contribution in [0.15, 0.2) is 71.8 Å². The summed E-state index contributed by atoms with van der Waals surface area (Å²) in [6, 6.07) is 20.2. The number of Topliss-reactive ketones (excluding diaryl/α,β-unsaturated/α-hetero) is 1. The van der Waals surface area contributed by atoms with Crippen LogP contribution in [-0.2, 0) is 9.59 Å². The minimum atomic E-state index is -0.560. The highest BCUT2D eigenvalue weighted by Gasteiger charge is 2.40. The Morgan fingerprint density at radius 1 is 1.00 bits per heavy atom. The highest BCUT2D eigenvalue weighted by molar-refractivity contribution is 6.44. The zero-order valence-electron chi connectivity index (χ0n) is 21.0. The number of amidine groups is 1. The Bertz CT molecular complexity index is 1340. The lowest BCUT2D eigenvalue weighted by Crippen LogP contribution is -2.38. The van der Waals surface area contributed by atoms with E-state index < -0.39 is 6.17 Å². The molecule has 1 aliphatic rings. The van der Waals surface area contributed by atoms with Gasteiger partial charge in [-0.15, -0.1) is 5.10 Å². The summed E-state index contributed by atoms with van der Waals surface area (Å²) in [6.07, 6.45) is -0.560. The highest BCUT2D eigenvalue weighted by atomic mass is 35.5. The van der Waals surface area contributed by atoms with Crippen LogP contribution in [-0.4, -0.2) is 24.1 Å². The van der Waals surface area contributed by atoms with Gasteiger partial charge in [0, 0.05) is 29.8 Å². The second-order valence-electron chi connectivity index (χ2n) is 8.83. The van der Waals surface area contributed by atoms with Crippen molar-refractivity contribution in [3.63, 3.8) is 0 Å². The number of ether oxygens (including phenoxy) is 1. The monoisotopic (exact) mass is 538 g/mol. The molecule has 1 amide bonds. The van der Waals surface area contributed by atoms with Crippen LogP contribution in [0, 0.1) is 5.92 Å². The number of carbonyl (C=O) groups excluding carboxylic acids is 2. The molecule has 1 heterocycles. The topological polar surface area (TPSA) is 74.2 Å². The number of nitrogens with one attached hydrogen (secondary N) is 1. The van der Waals surface area contributed by atoms with Crippen molar-refractivity contribution >= 4 is 57.8 Å². The zero-order valence-corrected chi connectivity index (χ0v) is 22.5. The van der Waals surface area contributed by atoms with Gasteiger partial charge in [-0.25, -0.2) is 5.01 Å². The van der Waals surface area contributed by atoms with Gasteiger partial charge >= 0.3 is 0 Å². The number of hydrazone groups is 1. The van der Waals surface area contributed by atoms with Gasteiger partial charge in [0.25, 0.3) is 0 Å². The molecule has 0 aliphatic carbocycles. The maximum atomic E-state index is 12.9. The number of nitrogens with zero attached hydrogens (tertiary/aromatic N) is 3. The van der Waals surface area contributed by atoms with Crippen molar-refractivity contribution in [1.82, 2.24) is 0 Å². The number of halogens is 2. The fourth-order valence-corrected chi connectivity index (χ4v) is 4.30. The Morgan fingerprint density at radius 2 is 1.68 bits per heavy atom. The van der Waals surface area contributed by atoms with E-state index >= 15 is 0 Å². The predicted molar refractivity (Wildman–Crippen MR) is 150 cm³/mol. The molecular weight excluding hydrogens is 511 g/mol. The van der Waals surface area contributed by atoms with E-state index in [0.717, 1.165) is 11.3 Å². The number of carbonyl (C=O) groups is 2. The van der Waals surface area contributed by atoms with E-state index in [2.05, 4.69) is 5.32 Å². The molecule has 9 heteroatoms. The number of hydrogen-bond acceptors (Lipinski definition) is 6. The van der Waals surface area contributed by atoms with Crippen molar-refractivity contribution in [1.29, 1.82) is 0 Å². The van der Waals surface area contributed by atoms with E-state index in [1.54, 1.807) is 35.3 Å². The molecule has 7 nitrogen and oxygen atoms in total. The summed E-state index contributed by atoms with van der Waals surface area (Å²) in [4.78, 5) is 26.9. The van der Waals surface area contributed by atoms with E-state index in [4.69, 9.17) is 33.0 Å². The molecule has 0 spiro atoms. The van der Waals surface area contributed by atoms with E-state index in [9.17, 15) is 9.59 Å². The smallest absolute Gasteiger partial charge is 0.226 e. The molecule has 37 heavy (non-hydrogen) atoms. The van der Waals surface area contributed by atoms with Gasteiger partial charge in [-0.2, -0.15) is 0 Å². The molecule has 0 radical (unpaired) electrons. The Kier molecular flexibility index (Phi) is 8.05. The normalized spacial score (nSPS) is 15.1. The third-order valence-electron chi connectivity index (χ3n) is 5.82. The van der Waals surface area contributed by atoms with Crippen LogP contribution in [0.3, 0.4) is 0 Å². The van der Waals surface area contributed by atoms with Gasteiger partial charge in [-0.05, 0) is 55.5 Å². The van der Waals surface area contributed by atoms with E-state index in [1.807, 2.05) is 62.1 Å². The molecule has 1 atom stereocenters. The Hall–Kier alpha value is -3.55. The first-order valence-corrected chi connectivity index (χ1v) is 12.7. The minimum Gasteiger partial charge on any atom is -0.493 e. The lowest BCUT2D eigenvalue weighted by molar-refractivity contribution is -0.119. The standard InChI is InChI=1S/C28H28Cl2N4O3/c1-5-37-25-9-7-6-8-22(25)28-33(20-12-10-19(11-13-20)31-27(36)17(2)3)26(18(4)35)32-34(28)21-14-15-23(29)24(30)16-21/h6-17,28H,5H2,1-4H3,(H,31,36)/t28-/m0/s1. The Labute approximate surface area is 226 Å². The number of benzene rings is 3. The van der Waals surface area contributed by atoms with Crippen LogP contribution in [0.1, 0.15) is 39.4 Å². The molecule has 1 aliphatic heterocycles. The summed E-state index contributed by atoms with van der Waals surface area (Å²) in [6.45, 7) is 7.54. The van der Waals surface area contributed by atoms with Gasteiger partial charge < -0.3 is 10.1 Å². The predicted octanol–water partition coefficient (Wildman–Crippen LogP) is 6.91. The summed E-state index contributed by atoms with van der Waals surface area (Å²) >= 11 is 12.5. The average Bonchev–Trinajstić information content (AvgIpc) is 3.27. The Balaban J connectivity index is 1.85. The molecule has 3 aromatic carbocycles. The number of para-hydroxylation sites is 1. The molecule has 0 saturated heterocycles. The first kappa shape index (κ1) is 26.5. The van der Waals surface area contributed by atoms with E-state index in [0.29, 0.717) is 33.8 Å². The molecular formula is C28H28Cl2N4O3. The molecule has 0 saturated carbocycles. The number of ketones is 1. The lowest BCUT2D eigenvalue weighted by Gasteiger charge is -2.33. The number of amides is 1. The van der Waals surface area contributed by atoms with Crippen molar-refractivity contribution in [2.75, 3.05) is 21.8 Å². The molecule has 3 aromatic rings.